The minimum absolute atomic E-state index is 0.125. The van der Waals surface area contributed by atoms with Crippen molar-refractivity contribution in [3.8, 4) is 5.75 Å². The predicted octanol–water partition coefficient (Wildman–Crippen LogP) is 3.72. The topological polar surface area (TPSA) is 67.3 Å². The zero-order valence-electron chi connectivity index (χ0n) is 19.2. The third kappa shape index (κ3) is 4.17. The molecule has 1 aliphatic rings. The van der Waals surface area contributed by atoms with Crippen LogP contribution in [0.1, 0.15) is 39.3 Å². The van der Waals surface area contributed by atoms with Crippen molar-refractivity contribution in [2.75, 3.05) is 32.6 Å². The molecule has 1 atom stereocenters. The van der Waals surface area contributed by atoms with Crippen molar-refractivity contribution in [3.05, 3.63) is 82.7 Å². The van der Waals surface area contributed by atoms with Crippen LogP contribution in [-0.4, -0.2) is 43.6 Å². The number of nitrogens with one attached hydrogen (secondary N) is 1. The van der Waals surface area contributed by atoms with Gasteiger partial charge in [-0.25, -0.2) is 9.97 Å². The first kappa shape index (κ1) is 21.8. The quantitative estimate of drug-likeness (QED) is 0.646. The van der Waals surface area contributed by atoms with Crippen LogP contribution in [0.15, 0.2) is 54.6 Å². The molecule has 0 fully saturated rings. The van der Waals surface area contributed by atoms with Gasteiger partial charge in [0.1, 0.15) is 5.75 Å². The van der Waals surface area contributed by atoms with Crippen molar-refractivity contribution in [2.24, 2.45) is 0 Å². The molecule has 0 saturated carbocycles. The second-order valence-corrected chi connectivity index (χ2v) is 8.63. The molecule has 0 bridgehead atoms. The number of aromatic nitrogens is 2. The summed E-state index contributed by atoms with van der Waals surface area (Å²) < 4.78 is 5.38. The van der Waals surface area contributed by atoms with Crippen LogP contribution in [0.2, 0.25) is 0 Å². The van der Waals surface area contributed by atoms with Crippen LogP contribution in [0.3, 0.4) is 0 Å². The van der Waals surface area contributed by atoms with Gasteiger partial charge in [-0.1, -0.05) is 42.5 Å². The van der Waals surface area contributed by atoms with Crippen LogP contribution in [-0.2, 0) is 18.3 Å². The molecule has 0 saturated heterocycles. The number of fused-ring (bicyclic) bond motifs is 1. The molecule has 1 amide bonds. The molecule has 6 nitrogen and oxygen atoms in total. The molecule has 4 rings (SSSR count). The maximum absolute atomic E-state index is 13.1. The van der Waals surface area contributed by atoms with E-state index in [4.69, 9.17) is 14.7 Å². The number of carbonyl (C=O) groups is 1. The highest BCUT2D eigenvalue weighted by Gasteiger charge is 2.38. The van der Waals surface area contributed by atoms with E-state index >= 15 is 0 Å². The van der Waals surface area contributed by atoms with Gasteiger partial charge < -0.3 is 15.0 Å². The van der Waals surface area contributed by atoms with Gasteiger partial charge in [-0.15, -0.1) is 0 Å². The minimum atomic E-state index is -0.223. The molecule has 1 N–H and O–H groups in total. The second kappa shape index (κ2) is 8.99. The lowest BCUT2D eigenvalue weighted by Crippen LogP contribution is -2.45. The van der Waals surface area contributed by atoms with E-state index in [0.717, 1.165) is 36.6 Å². The van der Waals surface area contributed by atoms with Crippen molar-refractivity contribution in [3.63, 3.8) is 0 Å². The first-order valence-corrected chi connectivity index (χ1v) is 10.9. The number of hydrogen-bond acceptors (Lipinski definition) is 5. The number of ether oxygens (including phenoxy) is 1. The van der Waals surface area contributed by atoms with E-state index in [1.165, 1.54) is 11.1 Å². The lowest BCUT2D eigenvalue weighted by Gasteiger charge is -2.39. The van der Waals surface area contributed by atoms with Gasteiger partial charge in [0, 0.05) is 37.4 Å². The highest BCUT2D eigenvalue weighted by atomic mass is 16.5. The molecule has 0 spiro atoms. The fourth-order valence-electron chi connectivity index (χ4n) is 4.53. The smallest absolute Gasteiger partial charge is 0.255 e. The number of methoxy groups -OCH3 is 1. The van der Waals surface area contributed by atoms with Crippen LogP contribution in [0.25, 0.3) is 0 Å². The zero-order chi connectivity index (χ0) is 22.7. The van der Waals surface area contributed by atoms with E-state index < -0.39 is 0 Å². The second-order valence-electron chi connectivity index (χ2n) is 8.63. The number of hydrogen-bond donors (Lipinski definition) is 1. The molecule has 0 aliphatic heterocycles. The van der Waals surface area contributed by atoms with Crippen LogP contribution < -0.4 is 15.0 Å². The lowest BCUT2D eigenvalue weighted by molar-refractivity contribution is 0.0937. The van der Waals surface area contributed by atoms with Crippen molar-refractivity contribution in [1.82, 2.24) is 15.3 Å². The molecule has 166 valence electrons. The van der Waals surface area contributed by atoms with Gasteiger partial charge in [0.2, 0.25) is 5.95 Å². The largest absolute Gasteiger partial charge is 0.496 e. The average molecular weight is 431 g/mol. The normalized spacial score (nSPS) is 17.4. The van der Waals surface area contributed by atoms with Crippen LogP contribution in [0.4, 0.5) is 5.95 Å². The number of para-hydroxylation sites is 1. The van der Waals surface area contributed by atoms with Gasteiger partial charge in [0.25, 0.3) is 5.91 Å². The highest BCUT2D eigenvalue weighted by Crippen LogP contribution is 2.39. The molecule has 32 heavy (non-hydrogen) atoms. The molecule has 1 heterocycles. The summed E-state index contributed by atoms with van der Waals surface area (Å²) in [6, 6.07) is 17.8. The Balaban J connectivity index is 1.66. The summed E-state index contributed by atoms with van der Waals surface area (Å²) in [5.41, 5.74) is 4.86. The fourth-order valence-corrected chi connectivity index (χ4v) is 4.53. The summed E-state index contributed by atoms with van der Waals surface area (Å²) in [5, 5.41) is 3.19. The maximum Gasteiger partial charge on any atom is 0.255 e. The third-order valence-corrected chi connectivity index (χ3v) is 6.37. The van der Waals surface area contributed by atoms with E-state index in [0.29, 0.717) is 17.9 Å². The van der Waals surface area contributed by atoms with Crippen molar-refractivity contribution in [2.45, 2.75) is 31.6 Å². The number of nitrogens with zero attached hydrogens (tertiary/aromatic N) is 3. The molecule has 2 aromatic carbocycles. The van der Waals surface area contributed by atoms with E-state index in [1.54, 1.807) is 13.2 Å². The van der Waals surface area contributed by atoms with Crippen LogP contribution in [0, 0.1) is 6.92 Å². The van der Waals surface area contributed by atoms with Gasteiger partial charge in [-0.05, 0) is 49.4 Å². The Kier molecular flexibility index (Phi) is 6.12. The van der Waals surface area contributed by atoms with Crippen molar-refractivity contribution in [1.29, 1.82) is 0 Å². The number of rotatable bonds is 6. The Bertz CT molecular complexity index is 1110. The number of aryl methyl sites for hydroxylation is 2. The minimum Gasteiger partial charge on any atom is -0.496 e. The predicted molar refractivity (Wildman–Crippen MR) is 127 cm³/mol. The van der Waals surface area contributed by atoms with E-state index in [-0.39, 0.29) is 11.3 Å². The lowest BCUT2D eigenvalue weighted by atomic mass is 9.68. The standard InChI is InChI=1S/C26H30N4O2/c1-18-21-16-26(19-10-6-5-7-11-19,15-14-22(21)29-25(28-18)30(2)3)17-27-24(31)20-12-8-9-13-23(20)32-4/h5-13H,14-17H2,1-4H3,(H,27,31). The molecule has 1 aliphatic carbocycles. The SMILES string of the molecule is COc1ccccc1C(=O)NCC1(c2ccccc2)CCc2nc(N(C)C)nc(C)c2C1. The molecule has 1 aromatic heterocycles. The monoisotopic (exact) mass is 430 g/mol. The Morgan fingerprint density at radius 2 is 1.81 bits per heavy atom. The first-order valence-electron chi connectivity index (χ1n) is 10.9. The molecule has 1 unspecified atom stereocenters. The summed E-state index contributed by atoms with van der Waals surface area (Å²) in [4.78, 5) is 24.5. The molecule has 6 heteroatoms. The van der Waals surface area contributed by atoms with Gasteiger partial charge in [-0.3, -0.25) is 4.79 Å². The van der Waals surface area contributed by atoms with Gasteiger partial charge >= 0.3 is 0 Å². The Labute approximate surface area is 189 Å². The number of carbonyl (C=O) groups excluding carboxylic acids is 1. The molecule has 3 aromatic rings. The first-order chi connectivity index (χ1) is 15.4. The Morgan fingerprint density at radius 3 is 2.53 bits per heavy atom. The fraction of sp³-hybridized carbons (Fsp3) is 0.346. The molecular weight excluding hydrogens is 400 g/mol. The van der Waals surface area contributed by atoms with Crippen molar-refractivity contribution < 1.29 is 9.53 Å². The molecular formula is C26H30N4O2. The summed E-state index contributed by atoms with van der Waals surface area (Å²) in [6.45, 7) is 2.59. The van der Waals surface area contributed by atoms with Gasteiger partial charge in [0.15, 0.2) is 0 Å². The van der Waals surface area contributed by atoms with E-state index in [9.17, 15) is 4.79 Å². The van der Waals surface area contributed by atoms with E-state index in [1.807, 2.05) is 43.3 Å². The average Bonchev–Trinajstić information content (AvgIpc) is 2.83. The summed E-state index contributed by atoms with van der Waals surface area (Å²) in [5.74, 6) is 1.20. The van der Waals surface area contributed by atoms with Gasteiger partial charge in [-0.2, -0.15) is 0 Å². The van der Waals surface area contributed by atoms with Crippen LogP contribution >= 0.6 is 0 Å². The van der Waals surface area contributed by atoms with Crippen molar-refractivity contribution >= 4 is 11.9 Å². The summed E-state index contributed by atoms with van der Waals surface area (Å²) in [6.07, 6.45) is 2.54. The number of amides is 1. The highest BCUT2D eigenvalue weighted by molar-refractivity contribution is 5.97. The summed E-state index contributed by atoms with van der Waals surface area (Å²) >= 11 is 0. The molecule has 0 radical (unpaired) electrons. The van der Waals surface area contributed by atoms with Crippen LogP contribution in [0.5, 0.6) is 5.75 Å². The third-order valence-electron chi connectivity index (χ3n) is 6.37. The Morgan fingerprint density at radius 1 is 1.09 bits per heavy atom. The van der Waals surface area contributed by atoms with E-state index in [2.05, 4.69) is 36.5 Å². The number of anilines is 1. The van der Waals surface area contributed by atoms with Gasteiger partial charge in [0.05, 0.1) is 12.7 Å². The summed E-state index contributed by atoms with van der Waals surface area (Å²) in [7, 11) is 5.51. The number of benzene rings is 2. The Hall–Kier alpha value is -3.41. The zero-order valence-corrected chi connectivity index (χ0v) is 19.2. The maximum atomic E-state index is 13.1.